The van der Waals surface area contributed by atoms with Gasteiger partial charge in [-0.05, 0) is 50.4 Å². The molecular weight excluding hydrogens is 316 g/mol. The summed E-state index contributed by atoms with van der Waals surface area (Å²) in [5.74, 6) is 1.62. The van der Waals surface area contributed by atoms with Crippen molar-refractivity contribution in [1.82, 2.24) is 19.9 Å². The summed E-state index contributed by atoms with van der Waals surface area (Å²) in [6.07, 6.45) is 2.85. The third-order valence-corrected chi connectivity index (χ3v) is 5.56. The fraction of sp³-hybridized carbons (Fsp3) is 0.526. The summed E-state index contributed by atoms with van der Waals surface area (Å²) in [6.45, 7) is 6.50. The molecule has 4 rings (SSSR count). The zero-order valence-electron chi connectivity index (χ0n) is 14.6. The Morgan fingerprint density at radius 1 is 1.20 bits per heavy atom. The van der Waals surface area contributed by atoms with Gasteiger partial charge in [-0.15, -0.1) is 0 Å². The average Bonchev–Trinajstić information content (AvgIpc) is 3.23. The van der Waals surface area contributed by atoms with E-state index in [4.69, 9.17) is 4.52 Å². The van der Waals surface area contributed by atoms with E-state index in [1.165, 1.54) is 0 Å². The molecule has 0 radical (unpaired) electrons. The molecule has 1 amide bonds. The van der Waals surface area contributed by atoms with Gasteiger partial charge in [-0.2, -0.15) is 4.98 Å². The molecule has 0 saturated carbocycles. The van der Waals surface area contributed by atoms with E-state index in [0.717, 1.165) is 56.8 Å². The van der Waals surface area contributed by atoms with Gasteiger partial charge in [-0.25, -0.2) is 0 Å². The molecule has 132 valence electrons. The van der Waals surface area contributed by atoms with Gasteiger partial charge in [-0.1, -0.05) is 23.4 Å². The molecule has 2 saturated heterocycles. The first kappa shape index (κ1) is 16.3. The van der Waals surface area contributed by atoms with Crippen LogP contribution in [0.25, 0.3) is 11.5 Å². The average molecular weight is 340 g/mol. The quantitative estimate of drug-likeness (QED) is 0.856. The summed E-state index contributed by atoms with van der Waals surface area (Å²) >= 11 is 0. The molecule has 0 aliphatic carbocycles. The number of benzene rings is 1. The van der Waals surface area contributed by atoms with E-state index in [2.05, 4.69) is 22.0 Å². The van der Waals surface area contributed by atoms with Crippen molar-refractivity contribution < 1.29 is 9.32 Å². The number of likely N-dealkylation sites (tertiary alicyclic amines) is 2. The highest BCUT2D eigenvalue weighted by atomic mass is 16.5. The maximum atomic E-state index is 12.1. The molecule has 6 heteroatoms. The first-order chi connectivity index (χ1) is 12.2. The van der Waals surface area contributed by atoms with Crippen molar-refractivity contribution in [3.8, 4) is 11.5 Å². The van der Waals surface area contributed by atoms with Crippen LogP contribution in [0.1, 0.15) is 32.0 Å². The Morgan fingerprint density at radius 3 is 2.64 bits per heavy atom. The zero-order chi connectivity index (χ0) is 17.3. The number of amides is 1. The standard InChI is InChI=1S/C19H24N4O2/c1-2-23-14-19(12-17(23)24)8-10-22(11-9-19)13-16-20-18(25-21-16)15-6-4-3-5-7-15/h3-7H,2,8-14H2,1H3. The van der Waals surface area contributed by atoms with Gasteiger partial charge in [0.05, 0.1) is 6.54 Å². The van der Waals surface area contributed by atoms with E-state index in [1.54, 1.807) is 0 Å². The van der Waals surface area contributed by atoms with E-state index in [-0.39, 0.29) is 5.41 Å². The Labute approximate surface area is 147 Å². The minimum absolute atomic E-state index is 0.191. The molecular formula is C19H24N4O2. The molecule has 2 fully saturated rings. The Balaban J connectivity index is 1.35. The van der Waals surface area contributed by atoms with Crippen LogP contribution in [0.3, 0.4) is 0 Å². The Morgan fingerprint density at radius 2 is 1.96 bits per heavy atom. The second-order valence-electron chi connectivity index (χ2n) is 7.24. The monoisotopic (exact) mass is 340 g/mol. The van der Waals surface area contributed by atoms with Crippen LogP contribution in [0.5, 0.6) is 0 Å². The lowest BCUT2D eigenvalue weighted by Gasteiger charge is -2.38. The largest absolute Gasteiger partial charge is 0.342 e. The van der Waals surface area contributed by atoms with Crippen LogP contribution >= 0.6 is 0 Å². The summed E-state index contributed by atoms with van der Waals surface area (Å²) in [5.41, 5.74) is 1.14. The number of nitrogens with zero attached hydrogens (tertiary/aromatic N) is 4. The first-order valence-electron chi connectivity index (χ1n) is 9.06. The maximum absolute atomic E-state index is 12.1. The van der Waals surface area contributed by atoms with Crippen molar-refractivity contribution in [3.63, 3.8) is 0 Å². The number of aromatic nitrogens is 2. The Hall–Kier alpha value is -2.21. The van der Waals surface area contributed by atoms with Gasteiger partial charge in [0.2, 0.25) is 5.91 Å². The second-order valence-corrected chi connectivity index (χ2v) is 7.24. The lowest BCUT2D eigenvalue weighted by atomic mass is 9.77. The number of hydrogen-bond acceptors (Lipinski definition) is 5. The van der Waals surface area contributed by atoms with E-state index in [1.807, 2.05) is 35.2 Å². The molecule has 25 heavy (non-hydrogen) atoms. The molecule has 0 unspecified atom stereocenters. The summed E-state index contributed by atoms with van der Waals surface area (Å²) in [7, 11) is 0. The summed E-state index contributed by atoms with van der Waals surface area (Å²) in [5, 5.41) is 4.12. The van der Waals surface area contributed by atoms with Gasteiger partial charge in [0.25, 0.3) is 5.89 Å². The SMILES string of the molecule is CCN1CC2(CCN(Cc3noc(-c4ccccc4)n3)CC2)CC1=O. The van der Waals surface area contributed by atoms with Gasteiger partial charge in [0.15, 0.2) is 5.82 Å². The Bertz CT molecular complexity index is 735. The normalized spacial score (nSPS) is 20.5. The third-order valence-electron chi connectivity index (χ3n) is 5.56. The topological polar surface area (TPSA) is 62.5 Å². The van der Waals surface area contributed by atoms with Crippen LogP contribution in [0.4, 0.5) is 0 Å². The number of hydrogen-bond donors (Lipinski definition) is 0. The van der Waals surface area contributed by atoms with E-state index >= 15 is 0 Å². The Kier molecular flexibility index (Phi) is 4.29. The van der Waals surface area contributed by atoms with Crippen molar-refractivity contribution in [2.45, 2.75) is 32.7 Å². The fourth-order valence-corrected chi connectivity index (χ4v) is 4.01. The molecule has 2 aliphatic heterocycles. The summed E-state index contributed by atoms with van der Waals surface area (Å²) in [4.78, 5) is 21.0. The van der Waals surface area contributed by atoms with Crippen LogP contribution in [-0.4, -0.2) is 52.0 Å². The second kappa shape index (κ2) is 6.59. The van der Waals surface area contributed by atoms with Crippen LogP contribution < -0.4 is 0 Å². The minimum atomic E-state index is 0.191. The molecule has 0 bridgehead atoms. The first-order valence-corrected chi connectivity index (χ1v) is 9.06. The highest BCUT2D eigenvalue weighted by Crippen LogP contribution is 2.41. The van der Waals surface area contributed by atoms with Crippen molar-refractivity contribution in [3.05, 3.63) is 36.2 Å². The van der Waals surface area contributed by atoms with Crippen LogP contribution in [0.2, 0.25) is 0 Å². The van der Waals surface area contributed by atoms with Gasteiger partial charge in [-0.3, -0.25) is 9.69 Å². The number of piperidine rings is 1. The molecule has 0 N–H and O–H groups in total. The molecule has 1 aromatic heterocycles. The van der Waals surface area contributed by atoms with Crippen molar-refractivity contribution >= 4 is 5.91 Å². The van der Waals surface area contributed by atoms with Crippen LogP contribution in [0.15, 0.2) is 34.9 Å². The smallest absolute Gasteiger partial charge is 0.257 e. The number of carbonyl (C=O) groups is 1. The third kappa shape index (κ3) is 3.31. The fourth-order valence-electron chi connectivity index (χ4n) is 4.01. The summed E-state index contributed by atoms with van der Waals surface area (Å²) < 4.78 is 5.39. The molecule has 1 aromatic carbocycles. The van der Waals surface area contributed by atoms with E-state index in [9.17, 15) is 4.79 Å². The van der Waals surface area contributed by atoms with Gasteiger partial charge >= 0.3 is 0 Å². The molecule has 2 aliphatic rings. The molecule has 2 aromatic rings. The molecule has 0 atom stereocenters. The number of carbonyl (C=O) groups excluding carboxylic acids is 1. The highest BCUT2D eigenvalue weighted by Gasteiger charge is 2.44. The lowest BCUT2D eigenvalue weighted by Crippen LogP contribution is -2.41. The van der Waals surface area contributed by atoms with Crippen LogP contribution in [-0.2, 0) is 11.3 Å². The lowest BCUT2D eigenvalue weighted by molar-refractivity contribution is -0.127. The van der Waals surface area contributed by atoms with Crippen molar-refractivity contribution in [2.24, 2.45) is 5.41 Å². The predicted molar refractivity (Wildman–Crippen MR) is 93.5 cm³/mol. The minimum Gasteiger partial charge on any atom is -0.342 e. The van der Waals surface area contributed by atoms with Crippen LogP contribution in [0, 0.1) is 5.41 Å². The molecule has 6 nitrogen and oxygen atoms in total. The maximum Gasteiger partial charge on any atom is 0.257 e. The van der Waals surface area contributed by atoms with Gasteiger partial charge < -0.3 is 9.42 Å². The molecule has 3 heterocycles. The summed E-state index contributed by atoms with van der Waals surface area (Å²) in [6, 6.07) is 9.84. The highest BCUT2D eigenvalue weighted by molar-refractivity contribution is 5.79. The zero-order valence-corrected chi connectivity index (χ0v) is 14.6. The van der Waals surface area contributed by atoms with Crippen molar-refractivity contribution in [1.29, 1.82) is 0 Å². The predicted octanol–water partition coefficient (Wildman–Crippen LogP) is 2.57. The van der Waals surface area contributed by atoms with E-state index in [0.29, 0.717) is 18.3 Å². The van der Waals surface area contributed by atoms with Crippen molar-refractivity contribution in [2.75, 3.05) is 26.2 Å². The van der Waals surface area contributed by atoms with Gasteiger partial charge in [0, 0.05) is 25.1 Å². The van der Waals surface area contributed by atoms with Gasteiger partial charge in [0.1, 0.15) is 0 Å². The van der Waals surface area contributed by atoms with E-state index < -0.39 is 0 Å². The molecule has 1 spiro atoms. The number of rotatable bonds is 4.